The van der Waals surface area contributed by atoms with Gasteiger partial charge in [-0.25, -0.2) is 0 Å². The van der Waals surface area contributed by atoms with Crippen LogP contribution in [-0.4, -0.2) is 48.9 Å². The molecule has 1 fully saturated rings. The first-order valence-corrected chi connectivity index (χ1v) is 12.3. The summed E-state index contributed by atoms with van der Waals surface area (Å²) in [4.78, 5) is 40.2. The Labute approximate surface area is 189 Å². The molecule has 0 saturated carbocycles. The summed E-state index contributed by atoms with van der Waals surface area (Å²) in [6.07, 6.45) is 7.31. The predicted molar refractivity (Wildman–Crippen MR) is 124 cm³/mol. The van der Waals surface area contributed by atoms with Crippen LogP contribution >= 0.6 is 0 Å². The number of carbonyl (C=O) groups excluding carboxylic acids is 3. The van der Waals surface area contributed by atoms with Gasteiger partial charge in [0.2, 0.25) is 11.8 Å². The van der Waals surface area contributed by atoms with E-state index in [2.05, 4.69) is 19.2 Å². The molecule has 0 spiro atoms. The molecule has 1 aliphatic heterocycles. The second-order valence-electron chi connectivity index (χ2n) is 9.99. The van der Waals surface area contributed by atoms with Gasteiger partial charge in [0.15, 0.2) is 0 Å². The highest BCUT2D eigenvalue weighted by Crippen LogP contribution is 2.42. The molecule has 6 nitrogen and oxygen atoms in total. The van der Waals surface area contributed by atoms with Gasteiger partial charge in [0.05, 0.1) is 12.0 Å². The van der Waals surface area contributed by atoms with E-state index in [1.54, 1.807) is 7.05 Å². The van der Waals surface area contributed by atoms with Gasteiger partial charge in [0, 0.05) is 31.5 Å². The molecule has 0 radical (unpaired) electrons. The molecule has 2 amide bonds. The van der Waals surface area contributed by atoms with Crippen LogP contribution in [0.3, 0.4) is 0 Å². The van der Waals surface area contributed by atoms with Gasteiger partial charge in [0.25, 0.3) is 0 Å². The first-order valence-electron chi connectivity index (χ1n) is 12.3. The first-order chi connectivity index (χ1) is 14.6. The Balaban J connectivity index is 2.93. The van der Waals surface area contributed by atoms with Crippen LogP contribution in [0.1, 0.15) is 99.3 Å². The summed E-state index contributed by atoms with van der Waals surface area (Å²) < 4.78 is 5.79. The van der Waals surface area contributed by atoms with E-state index in [9.17, 15) is 14.4 Å². The highest BCUT2D eigenvalue weighted by Gasteiger charge is 2.46. The molecule has 1 rings (SSSR count). The monoisotopic (exact) mass is 438 g/mol. The molecule has 0 aromatic rings. The van der Waals surface area contributed by atoms with E-state index in [1.165, 1.54) is 0 Å². The fourth-order valence-electron chi connectivity index (χ4n) is 4.91. The fourth-order valence-corrected chi connectivity index (χ4v) is 4.91. The molecule has 1 N–H and O–H groups in total. The van der Waals surface area contributed by atoms with Gasteiger partial charge in [-0.1, -0.05) is 47.0 Å². The third-order valence-corrected chi connectivity index (χ3v) is 7.21. The zero-order valence-corrected chi connectivity index (χ0v) is 21.0. The zero-order valence-electron chi connectivity index (χ0n) is 21.0. The molecule has 4 atom stereocenters. The van der Waals surface area contributed by atoms with Gasteiger partial charge < -0.3 is 15.0 Å². The number of rotatable bonds is 14. The standard InChI is InChI=1S/C25H46N2O4/c1-8-11-13-20(9-2)17-31-23(30)24(5,10-3)18-25(6,22(29)26-7)16-19(4)27-15-12-14-21(27)28/h19-20H,8-18H2,1-7H3,(H,26,29). The minimum Gasteiger partial charge on any atom is -0.465 e. The molecule has 6 heteroatoms. The Morgan fingerprint density at radius 3 is 2.35 bits per heavy atom. The highest BCUT2D eigenvalue weighted by molar-refractivity contribution is 5.84. The molecule has 1 aliphatic rings. The van der Waals surface area contributed by atoms with Crippen molar-refractivity contribution in [3.8, 4) is 0 Å². The second-order valence-corrected chi connectivity index (χ2v) is 9.99. The third-order valence-electron chi connectivity index (χ3n) is 7.21. The lowest BCUT2D eigenvalue weighted by Crippen LogP contribution is -2.47. The average molecular weight is 439 g/mol. The van der Waals surface area contributed by atoms with E-state index in [0.717, 1.165) is 38.6 Å². The number of hydrogen-bond donors (Lipinski definition) is 1. The molecule has 180 valence electrons. The van der Waals surface area contributed by atoms with Gasteiger partial charge in [0.1, 0.15) is 0 Å². The molecule has 0 aliphatic carbocycles. The molecule has 0 aromatic carbocycles. The summed E-state index contributed by atoms with van der Waals surface area (Å²) >= 11 is 0. The van der Waals surface area contributed by atoms with E-state index in [4.69, 9.17) is 4.74 Å². The van der Waals surface area contributed by atoms with Gasteiger partial charge in [-0.3, -0.25) is 14.4 Å². The SMILES string of the molecule is CCCCC(CC)COC(=O)C(C)(CC)CC(C)(CC(C)N1CCCC1=O)C(=O)NC. The average Bonchev–Trinajstić information content (AvgIpc) is 3.18. The third kappa shape index (κ3) is 7.50. The molecule has 1 saturated heterocycles. The maximum atomic E-state index is 13.2. The lowest BCUT2D eigenvalue weighted by molar-refractivity contribution is -0.160. The number of hydrogen-bond acceptors (Lipinski definition) is 4. The maximum absolute atomic E-state index is 13.2. The lowest BCUT2D eigenvalue weighted by atomic mass is 9.68. The van der Waals surface area contributed by atoms with Crippen molar-refractivity contribution in [2.75, 3.05) is 20.2 Å². The Kier molecular flexibility index (Phi) is 11.0. The van der Waals surface area contributed by atoms with Crippen LogP contribution in [0.4, 0.5) is 0 Å². The van der Waals surface area contributed by atoms with Crippen LogP contribution in [0.5, 0.6) is 0 Å². The van der Waals surface area contributed by atoms with E-state index in [-0.39, 0.29) is 23.8 Å². The van der Waals surface area contributed by atoms with Crippen LogP contribution in [0, 0.1) is 16.7 Å². The quantitative estimate of drug-likeness (QED) is 0.399. The number of ether oxygens (including phenoxy) is 1. The normalized spacial score (nSPS) is 20.0. The van der Waals surface area contributed by atoms with Crippen LogP contribution < -0.4 is 5.32 Å². The van der Waals surface area contributed by atoms with Crippen LogP contribution in [0.15, 0.2) is 0 Å². The van der Waals surface area contributed by atoms with Gasteiger partial charge >= 0.3 is 5.97 Å². The summed E-state index contributed by atoms with van der Waals surface area (Å²) in [5.74, 6) is 0.233. The fraction of sp³-hybridized carbons (Fsp3) is 0.880. The molecule has 1 heterocycles. The molecule has 0 aromatic heterocycles. The molecular formula is C25H46N2O4. The molecule has 0 bridgehead atoms. The predicted octanol–water partition coefficient (Wildman–Crippen LogP) is 4.71. The second kappa shape index (κ2) is 12.4. The summed E-state index contributed by atoms with van der Waals surface area (Å²) in [5, 5.41) is 2.79. The van der Waals surface area contributed by atoms with Crippen molar-refractivity contribution in [3.63, 3.8) is 0 Å². The Morgan fingerprint density at radius 2 is 1.87 bits per heavy atom. The Bertz CT molecular complexity index is 608. The van der Waals surface area contributed by atoms with Gasteiger partial charge in [-0.15, -0.1) is 0 Å². The first kappa shape index (κ1) is 27.4. The smallest absolute Gasteiger partial charge is 0.311 e. The Morgan fingerprint density at radius 1 is 1.19 bits per heavy atom. The van der Waals surface area contributed by atoms with Crippen molar-refractivity contribution in [2.24, 2.45) is 16.7 Å². The van der Waals surface area contributed by atoms with E-state index in [1.807, 2.05) is 32.6 Å². The minimum absolute atomic E-state index is 0.0482. The summed E-state index contributed by atoms with van der Waals surface area (Å²) in [5.41, 5.74) is -1.52. The van der Waals surface area contributed by atoms with Crippen molar-refractivity contribution >= 4 is 17.8 Å². The summed E-state index contributed by atoms with van der Waals surface area (Å²) in [6, 6.07) is -0.0482. The highest BCUT2D eigenvalue weighted by atomic mass is 16.5. The number of amides is 2. The summed E-state index contributed by atoms with van der Waals surface area (Å²) in [7, 11) is 1.63. The van der Waals surface area contributed by atoms with E-state index < -0.39 is 10.8 Å². The van der Waals surface area contributed by atoms with Crippen LogP contribution in [0.2, 0.25) is 0 Å². The summed E-state index contributed by atoms with van der Waals surface area (Å²) in [6.45, 7) is 13.3. The number of likely N-dealkylation sites (tertiary alicyclic amines) is 1. The van der Waals surface area contributed by atoms with Gasteiger partial charge in [-0.05, 0) is 51.9 Å². The topological polar surface area (TPSA) is 75.7 Å². The van der Waals surface area contributed by atoms with Crippen molar-refractivity contribution in [1.29, 1.82) is 0 Å². The number of nitrogens with zero attached hydrogens (tertiary/aromatic N) is 1. The van der Waals surface area contributed by atoms with Gasteiger partial charge in [-0.2, -0.15) is 0 Å². The number of unbranched alkanes of at least 4 members (excludes halogenated alkanes) is 1. The van der Waals surface area contributed by atoms with Crippen LogP contribution in [-0.2, 0) is 19.1 Å². The van der Waals surface area contributed by atoms with Crippen molar-refractivity contribution in [2.45, 2.75) is 105 Å². The van der Waals surface area contributed by atoms with Crippen LogP contribution in [0.25, 0.3) is 0 Å². The van der Waals surface area contributed by atoms with Crippen molar-refractivity contribution in [1.82, 2.24) is 10.2 Å². The number of carbonyl (C=O) groups is 3. The zero-order chi connectivity index (χ0) is 23.7. The molecule has 4 unspecified atom stereocenters. The van der Waals surface area contributed by atoms with Crippen molar-refractivity contribution < 1.29 is 19.1 Å². The van der Waals surface area contributed by atoms with E-state index >= 15 is 0 Å². The Hall–Kier alpha value is -1.59. The number of nitrogens with one attached hydrogen (secondary N) is 1. The molecular weight excluding hydrogens is 392 g/mol. The van der Waals surface area contributed by atoms with Crippen molar-refractivity contribution in [3.05, 3.63) is 0 Å². The largest absolute Gasteiger partial charge is 0.465 e. The maximum Gasteiger partial charge on any atom is 0.311 e. The lowest BCUT2D eigenvalue weighted by Gasteiger charge is -2.39. The van der Waals surface area contributed by atoms with E-state index in [0.29, 0.717) is 38.2 Å². The minimum atomic E-state index is -0.771. The molecule has 31 heavy (non-hydrogen) atoms. The number of esters is 1.